The van der Waals surface area contributed by atoms with Gasteiger partial charge in [-0.3, -0.25) is 9.59 Å². The quantitative estimate of drug-likeness (QED) is 0.720. The Bertz CT molecular complexity index is 969. The van der Waals surface area contributed by atoms with Gasteiger partial charge in [0, 0.05) is 58.2 Å². The number of hydrazone groups is 1. The van der Waals surface area contributed by atoms with Gasteiger partial charge in [0.2, 0.25) is 11.8 Å². The molecule has 8 nitrogen and oxygen atoms in total. The zero-order chi connectivity index (χ0) is 22.3. The SMILES string of the molecule is CN1CCN(c2cc(CNC(=O)CCC(=O)N3CCC(c4ccccc4)=N3)ccn2)CC1. The Morgan fingerprint density at radius 2 is 1.78 bits per heavy atom. The second-order valence-corrected chi connectivity index (χ2v) is 8.27. The fraction of sp³-hybridized carbons (Fsp3) is 0.417. The number of nitrogens with zero attached hydrogens (tertiary/aromatic N) is 5. The molecular weight excluding hydrogens is 404 g/mol. The van der Waals surface area contributed by atoms with Crippen molar-refractivity contribution in [1.82, 2.24) is 20.2 Å². The number of piperazine rings is 1. The van der Waals surface area contributed by atoms with Crippen LogP contribution in [0.1, 0.15) is 30.4 Å². The Balaban J connectivity index is 1.22. The molecule has 1 aromatic heterocycles. The highest BCUT2D eigenvalue weighted by molar-refractivity contribution is 6.02. The molecular formula is C24H30N6O2. The Morgan fingerprint density at radius 3 is 2.56 bits per heavy atom. The smallest absolute Gasteiger partial charge is 0.243 e. The molecule has 2 aliphatic rings. The van der Waals surface area contributed by atoms with Crippen molar-refractivity contribution in [2.75, 3.05) is 44.7 Å². The number of pyridine rings is 1. The summed E-state index contributed by atoms with van der Waals surface area (Å²) >= 11 is 0. The predicted octanol–water partition coefficient (Wildman–Crippen LogP) is 1.87. The molecule has 8 heteroatoms. The van der Waals surface area contributed by atoms with E-state index in [0.29, 0.717) is 13.1 Å². The summed E-state index contributed by atoms with van der Waals surface area (Å²) in [6, 6.07) is 13.8. The zero-order valence-corrected chi connectivity index (χ0v) is 18.5. The highest BCUT2D eigenvalue weighted by Crippen LogP contribution is 2.16. The van der Waals surface area contributed by atoms with Crippen molar-refractivity contribution >= 4 is 23.3 Å². The van der Waals surface area contributed by atoms with Gasteiger partial charge < -0.3 is 15.1 Å². The molecule has 0 atom stereocenters. The maximum atomic E-state index is 12.5. The van der Waals surface area contributed by atoms with Crippen molar-refractivity contribution in [2.45, 2.75) is 25.8 Å². The third-order valence-corrected chi connectivity index (χ3v) is 5.89. The number of carbonyl (C=O) groups is 2. The molecule has 2 aliphatic heterocycles. The van der Waals surface area contributed by atoms with Gasteiger partial charge in [-0.15, -0.1) is 0 Å². The fourth-order valence-corrected chi connectivity index (χ4v) is 3.89. The van der Waals surface area contributed by atoms with Gasteiger partial charge >= 0.3 is 0 Å². The van der Waals surface area contributed by atoms with E-state index in [2.05, 4.69) is 32.2 Å². The maximum Gasteiger partial charge on any atom is 0.243 e. The lowest BCUT2D eigenvalue weighted by atomic mass is 10.1. The van der Waals surface area contributed by atoms with E-state index in [-0.39, 0.29) is 24.7 Å². The summed E-state index contributed by atoms with van der Waals surface area (Å²) in [5.41, 5.74) is 2.95. The summed E-state index contributed by atoms with van der Waals surface area (Å²) in [5, 5.41) is 8.85. The van der Waals surface area contributed by atoms with Crippen molar-refractivity contribution in [3.8, 4) is 0 Å². The summed E-state index contributed by atoms with van der Waals surface area (Å²) in [6.45, 7) is 4.93. The van der Waals surface area contributed by atoms with Gasteiger partial charge in [0.1, 0.15) is 5.82 Å². The summed E-state index contributed by atoms with van der Waals surface area (Å²) in [7, 11) is 2.12. The molecule has 0 aliphatic carbocycles. The second kappa shape index (κ2) is 10.4. The average molecular weight is 435 g/mol. The summed E-state index contributed by atoms with van der Waals surface area (Å²) in [5.74, 6) is 0.691. The van der Waals surface area contributed by atoms with Crippen LogP contribution in [-0.2, 0) is 16.1 Å². The highest BCUT2D eigenvalue weighted by Gasteiger charge is 2.22. The van der Waals surface area contributed by atoms with Crippen LogP contribution < -0.4 is 10.2 Å². The van der Waals surface area contributed by atoms with E-state index in [9.17, 15) is 9.59 Å². The Morgan fingerprint density at radius 1 is 1.00 bits per heavy atom. The lowest BCUT2D eigenvalue weighted by Crippen LogP contribution is -2.44. The largest absolute Gasteiger partial charge is 0.354 e. The number of likely N-dealkylation sites (N-methyl/N-ethyl adjacent to an activating group) is 1. The predicted molar refractivity (Wildman–Crippen MR) is 124 cm³/mol. The van der Waals surface area contributed by atoms with Gasteiger partial charge in [-0.25, -0.2) is 9.99 Å². The highest BCUT2D eigenvalue weighted by atomic mass is 16.2. The fourth-order valence-electron chi connectivity index (χ4n) is 3.89. The molecule has 0 radical (unpaired) electrons. The summed E-state index contributed by atoms with van der Waals surface area (Å²) in [6.07, 6.45) is 2.83. The topological polar surface area (TPSA) is 81.1 Å². The lowest BCUT2D eigenvalue weighted by molar-refractivity contribution is -0.133. The van der Waals surface area contributed by atoms with Crippen LogP contribution in [-0.4, -0.2) is 72.2 Å². The van der Waals surface area contributed by atoms with E-state index < -0.39 is 0 Å². The van der Waals surface area contributed by atoms with Crippen molar-refractivity contribution in [1.29, 1.82) is 0 Å². The number of anilines is 1. The third-order valence-electron chi connectivity index (χ3n) is 5.89. The van der Waals surface area contributed by atoms with E-state index in [1.807, 2.05) is 42.5 Å². The Kier molecular flexibility index (Phi) is 7.11. The third kappa shape index (κ3) is 5.70. The molecule has 0 unspecified atom stereocenters. The number of aromatic nitrogens is 1. The van der Waals surface area contributed by atoms with Gasteiger partial charge in [-0.05, 0) is 30.3 Å². The molecule has 0 spiro atoms. The first-order valence-corrected chi connectivity index (χ1v) is 11.2. The molecule has 32 heavy (non-hydrogen) atoms. The number of benzene rings is 1. The number of carbonyl (C=O) groups excluding carboxylic acids is 2. The summed E-state index contributed by atoms with van der Waals surface area (Å²) in [4.78, 5) is 33.8. The van der Waals surface area contributed by atoms with Gasteiger partial charge in [0.25, 0.3) is 0 Å². The van der Waals surface area contributed by atoms with E-state index in [1.165, 1.54) is 5.01 Å². The van der Waals surface area contributed by atoms with Crippen LogP contribution in [0.5, 0.6) is 0 Å². The van der Waals surface area contributed by atoms with Crippen LogP contribution in [0, 0.1) is 0 Å². The Hall–Kier alpha value is -3.26. The molecule has 1 fully saturated rings. The molecule has 0 bridgehead atoms. The van der Waals surface area contributed by atoms with Gasteiger partial charge in [-0.1, -0.05) is 30.3 Å². The molecule has 168 valence electrons. The average Bonchev–Trinajstić information content (AvgIpc) is 3.33. The van der Waals surface area contributed by atoms with Crippen LogP contribution in [0.3, 0.4) is 0 Å². The number of hydrogen-bond donors (Lipinski definition) is 1. The first-order chi connectivity index (χ1) is 15.6. The molecule has 2 aromatic rings. The minimum absolute atomic E-state index is 0.118. The van der Waals surface area contributed by atoms with Crippen molar-refractivity contribution in [2.24, 2.45) is 5.10 Å². The van der Waals surface area contributed by atoms with Crippen LogP contribution in [0.15, 0.2) is 53.8 Å². The molecule has 1 aromatic carbocycles. The molecule has 0 saturated carbocycles. The second-order valence-electron chi connectivity index (χ2n) is 8.27. The number of nitrogens with one attached hydrogen (secondary N) is 1. The summed E-state index contributed by atoms with van der Waals surface area (Å²) < 4.78 is 0. The first-order valence-electron chi connectivity index (χ1n) is 11.2. The lowest BCUT2D eigenvalue weighted by Gasteiger charge is -2.33. The van der Waals surface area contributed by atoms with Crippen molar-refractivity contribution < 1.29 is 9.59 Å². The normalized spacial score (nSPS) is 16.7. The van der Waals surface area contributed by atoms with Crippen LogP contribution in [0.25, 0.3) is 0 Å². The van der Waals surface area contributed by atoms with Gasteiger partial charge in [-0.2, -0.15) is 5.10 Å². The molecule has 4 rings (SSSR count). The first kappa shape index (κ1) is 22.0. The van der Waals surface area contributed by atoms with Crippen LogP contribution in [0.4, 0.5) is 5.82 Å². The minimum atomic E-state index is -0.136. The van der Waals surface area contributed by atoms with Crippen LogP contribution >= 0.6 is 0 Å². The van der Waals surface area contributed by atoms with Crippen molar-refractivity contribution in [3.63, 3.8) is 0 Å². The monoisotopic (exact) mass is 434 g/mol. The van der Waals surface area contributed by atoms with E-state index in [1.54, 1.807) is 6.20 Å². The maximum absolute atomic E-state index is 12.5. The molecule has 1 saturated heterocycles. The number of amides is 2. The minimum Gasteiger partial charge on any atom is -0.354 e. The standard InChI is InChI=1S/C24H30N6O2/c1-28-13-15-29(16-14-28)22-17-19(9-11-25-22)18-26-23(31)7-8-24(32)30-12-10-21(27-30)20-5-3-2-4-6-20/h2-6,9,11,17H,7-8,10,12-16,18H2,1H3,(H,26,31). The molecule has 2 amide bonds. The van der Waals surface area contributed by atoms with E-state index in [4.69, 9.17) is 0 Å². The number of hydrogen-bond acceptors (Lipinski definition) is 6. The molecule has 1 N–H and O–H groups in total. The number of rotatable bonds is 7. The Labute approximate surface area is 188 Å². The van der Waals surface area contributed by atoms with Gasteiger partial charge in [0.05, 0.1) is 12.3 Å². The van der Waals surface area contributed by atoms with Gasteiger partial charge in [0.15, 0.2) is 0 Å². The molecule has 3 heterocycles. The van der Waals surface area contributed by atoms with E-state index in [0.717, 1.165) is 55.3 Å². The van der Waals surface area contributed by atoms with E-state index >= 15 is 0 Å². The van der Waals surface area contributed by atoms with Crippen LogP contribution in [0.2, 0.25) is 0 Å². The zero-order valence-electron chi connectivity index (χ0n) is 18.5. The van der Waals surface area contributed by atoms with Crippen molar-refractivity contribution in [3.05, 3.63) is 59.8 Å².